The largest absolute Gasteiger partial charge is 0.390 e. The Hall–Kier alpha value is -2.58. The summed E-state index contributed by atoms with van der Waals surface area (Å²) >= 11 is 1.20. The summed E-state index contributed by atoms with van der Waals surface area (Å²) in [5, 5.41) is 14.7. The van der Waals surface area contributed by atoms with E-state index in [9.17, 15) is 9.18 Å². The molecule has 0 radical (unpaired) electrons. The number of amides is 2. The van der Waals surface area contributed by atoms with Crippen molar-refractivity contribution in [2.45, 2.75) is 13.5 Å². The summed E-state index contributed by atoms with van der Waals surface area (Å²) in [6.07, 6.45) is 1.51. The zero-order valence-electron chi connectivity index (χ0n) is 12.8. The first kappa shape index (κ1) is 16.3. The van der Waals surface area contributed by atoms with Crippen LogP contribution in [0.4, 0.5) is 14.3 Å². The lowest BCUT2D eigenvalue weighted by Crippen LogP contribution is -2.28. The standard InChI is InChI=1S/C16H15FN4O2S/c1-2-18-15(23)21-16-20-13-5-11(12(17)6-14(13)24-16)9-3-4-10(8-22)19-7-9/h3-7,22H,2,8H2,1H3,(H2,18,20,21,23). The van der Waals surface area contributed by atoms with Crippen LogP contribution >= 0.6 is 11.3 Å². The van der Waals surface area contributed by atoms with Crippen molar-refractivity contribution in [2.75, 3.05) is 11.9 Å². The van der Waals surface area contributed by atoms with E-state index < -0.39 is 5.82 Å². The molecule has 0 saturated heterocycles. The van der Waals surface area contributed by atoms with Crippen molar-refractivity contribution in [3.8, 4) is 11.1 Å². The Kier molecular flexibility index (Phi) is 4.68. The van der Waals surface area contributed by atoms with Crippen molar-refractivity contribution in [1.82, 2.24) is 15.3 Å². The maximum atomic E-state index is 14.4. The summed E-state index contributed by atoms with van der Waals surface area (Å²) in [4.78, 5) is 19.9. The molecule has 2 heterocycles. The summed E-state index contributed by atoms with van der Waals surface area (Å²) in [5.74, 6) is -0.394. The van der Waals surface area contributed by atoms with Gasteiger partial charge in [-0.05, 0) is 25.1 Å². The predicted octanol–water partition coefficient (Wildman–Crippen LogP) is 3.13. The number of pyridine rings is 1. The monoisotopic (exact) mass is 346 g/mol. The molecule has 2 amide bonds. The molecule has 1 aromatic carbocycles. The number of nitrogens with one attached hydrogen (secondary N) is 2. The SMILES string of the molecule is CCNC(=O)Nc1nc2cc(-c3ccc(CO)nc3)c(F)cc2s1. The van der Waals surface area contributed by atoms with Crippen molar-refractivity contribution in [3.63, 3.8) is 0 Å². The highest BCUT2D eigenvalue weighted by Crippen LogP contribution is 2.32. The van der Waals surface area contributed by atoms with Crippen LogP contribution in [-0.2, 0) is 6.61 Å². The molecule has 2 aromatic heterocycles. The Balaban J connectivity index is 1.95. The van der Waals surface area contributed by atoms with Crippen LogP contribution in [0.25, 0.3) is 21.3 Å². The van der Waals surface area contributed by atoms with Gasteiger partial charge in [-0.2, -0.15) is 0 Å². The number of aromatic nitrogens is 2. The summed E-state index contributed by atoms with van der Waals surface area (Å²) in [6.45, 7) is 2.16. The summed E-state index contributed by atoms with van der Waals surface area (Å²) in [7, 11) is 0. The van der Waals surface area contributed by atoms with Gasteiger partial charge in [0.25, 0.3) is 0 Å². The summed E-state index contributed by atoms with van der Waals surface area (Å²) in [5.41, 5.74) is 2.07. The van der Waals surface area contributed by atoms with Gasteiger partial charge in [0.1, 0.15) is 5.82 Å². The molecule has 8 heteroatoms. The number of fused-ring (bicyclic) bond motifs is 1. The smallest absolute Gasteiger partial charge is 0.321 e. The molecule has 3 aromatic rings. The van der Waals surface area contributed by atoms with Gasteiger partial charge in [0.05, 0.1) is 22.5 Å². The van der Waals surface area contributed by atoms with E-state index >= 15 is 0 Å². The summed E-state index contributed by atoms with van der Waals surface area (Å²) < 4.78 is 15.0. The van der Waals surface area contributed by atoms with Crippen molar-refractivity contribution < 1.29 is 14.3 Å². The van der Waals surface area contributed by atoms with Gasteiger partial charge >= 0.3 is 6.03 Å². The first-order valence-electron chi connectivity index (χ1n) is 7.31. The second-order valence-electron chi connectivity index (χ2n) is 5.00. The Morgan fingerprint density at radius 1 is 1.38 bits per heavy atom. The molecule has 3 N–H and O–H groups in total. The van der Waals surface area contributed by atoms with Gasteiger partial charge in [0.15, 0.2) is 5.13 Å². The highest BCUT2D eigenvalue weighted by molar-refractivity contribution is 7.22. The number of thiazole rings is 1. The van der Waals surface area contributed by atoms with Gasteiger partial charge in [0, 0.05) is 23.9 Å². The number of halogens is 1. The maximum Gasteiger partial charge on any atom is 0.321 e. The van der Waals surface area contributed by atoms with Crippen LogP contribution in [0.3, 0.4) is 0 Å². The molecule has 0 spiro atoms. The zero-order chi connectivity index (χ0) is 17.1. The van der Waals surface area contributed by atoms with E-state index in [2.05, 4.69) is 20.6 Å². The van der Waals surface area contributed by atoms with Crippen LogP contribution < -0.4 is 10.6 Å². The number of carbonyl (C=O) groups excluding carboxylic acids is 1. The molecule has 124 valence electrons. The third-order valence-corrected chi connectivity index (χ3v) is 4.27. The predicted molar refractivity (Wildman–Crippen MR) is 91.4 cm³/mol. The average Bonchev–Trinajstić information content (AvgIpc) is 2.95. The number of benzene rings is 1. The number of aliphatic hydroxyl groups excluding tert-OH is 1. The number of aliphatic hydroxyl groups is 1. The van der Waals surface area contributed by atoms with E-state index in [1.165, 1.54) is 23.6 Å². The molecule has 0 atom stereocenters. The number of urea groups is 1. The Labute approximate surface area is 141 Å². The molecular formula is C16H15FN4O2S. The molecule has 0 fully saturated rings. The van der Waals surface area contributed by atoms with Crippen molar-refractivity contribution in [3.05, 3.63) is 42.0 Å². The first-order valence-corrected chi connectivity index (χ1v) is 8.13. The molecule has 0 aliphatic rings. The number of hydrogen-bond acceptors (Lipinski definition) is 5. The lowest BCUT2D eigenvalue weighted by Gasteiger charge is -2.04. The highest BCUT2D eigenvalue weighted by atomic mass is 32.1. The first-order chi connectivity index (χ1) is 11.6. The topological polar surface area (TPSA) is 87.1 Å². The zero-order valence-corrected chi connectivity index (χ0v) is 13.7. The molecular weight excluding hydrogens is 331 g/mol. The molecule has 6 nitrogen and oxygen atoms in total. The van der Waals surface area contributed by atoms with Crippen LogP contribution in [-0.4, -0.2) is 27.7 Å². The Bertz CT molecular complexity index is 880. The van der Waals surface area contributed by atoms with Gasteiger partial charge in [-0.3, -0.25) is 10.3 Å². The Morgan fingerprint density at radius 3 is 2.88 bits per heavy atom. The number of hydrogen-bond donors (Lipinski definition) is 3. The Morgan fingerprint density at radius 2 is 2.21 bits per heavy atom. The molecule has 0 aliphatic carbocycles. The average molecular weight is 346 g/mol. The fraction of sp³-hybridized carbons (Fsp3) is 0.188. The third-order valence-electron chi connectivity index (χ3n) is 3.33. The second-order valence-corrected chi connectivity index (χ2v) is 6.03. The van der Waals surface area contributed by atoms with Crippen LogP contribution in [0.15, 0.2) is 30.5 Å². The minimum Gasteiger partial charge on any atom is -0.390 e. The van der Waals surface area contributed by atoms with Gasteiger partial charge in [-0.1, -0.05) is 17.4 Å². The molecule has 0 aliphatic heterocycles. The fourth-order valence-corrected chi connectivity index (χ4v) is 3.07. The van der Waals surface area contributed by atoms with E-state index in [0.717, 1.165) is 0 Å². The van der Waals surface area contributed by atoms with Gasteiger partial charge in [0.2, 0.25) is 0 Å². The quantitative estimate of drug-likeness (QED) is 0.677. The van der Waals surface area contributed by atoms with E-state index in [1.807, 2.05) is 6.92 Å². The van der Waals surface area contributed by atoms with Crippen LogP contribution in [0.2, 0.25) is 0 Å². The molecule has 3 rings (SSSR count). The van der Waals surface area contributed by atoms with Gasteiger partial charge < -0.3 is 10.4 Å². The van der Waals surface area contributed by atoms with Crippen molar-refractivity contribution >= 4 is 32.7 Å². The summed E-state index contributed by atoms with van der Waals surface area (Å²) in [6, 6.07) is 6.01. The van der Waals surface area contributed by atoms with E-state index in [0.29, 0.717) is 38.7 Å². The second kappa shape index (κ2) is 6.90. The third kappa shape index (κ3) is 3.34. The van der Waals surface area contributed by atoms with E-state index in [-0.39, 0.29) is 12.6 Å². The van der Waals surface area contributed by atoms with Gasteiger partial charge in [-0.25, -0.2) is 14.2 Å². The lowest BCUT2D eigenvalue weighted by atomic mass is 10.1. The van der Waals surface area contributed by atoms with Crippen LogP contribution in [0.5, 0.6) is 0 Å². The minimum atomic E-state index is -0.394. The molecule has 0 bridgehead atoms. The highest BCUT2D eigenvalue weighted by Gasteiger charge is 2.13. The molecule has 0 unspecified atom stereocenters. The lowest BCUT2D eigenvalue weighted by molar-refractivity contribution is 0.252. The molecule has 24 heavy (non-hydrogen) atoms. The number of carbonyl (C=O) groups is 1. The van der Waals surface area contributed by atoms with Crippen LogP contribution in [0.1, 0.15) is 12.6 Å². The minimum absolute atomic E-state index is 0.164. The number of rotatable bonds is 4. The van der Waals surface area contributed by atoms with Crippen molar-refractivity contribution in [1.29, 1.82) is 0 Å². The fourth-order valence-electron chi connectivity index (χ4n) is 2.20. The van der Waals surface area contributed by atoms with Gasteiger partial charge in [-0.15, -0.1) is 0 Å². The van der Waals surface area contributed by atoms with E-state index in [4.69, 9.17) is 5.11 Å². The van der Waals surface area contributed by atoms with E-state index in [1.54, 1.807) is 18.2 Å². The number of nitrogens with zero attached hydrogens (tertiary/aromatic N) is 2. The number of anilines is 1. The van der Waals surface area contributed by atoms with Crippen molar-refractivity contribution in [2.24, 2.45) is 0 Å². The van der Waals surface area contributed by atoms with Crippen LogP contribution in [0, 0.1) is 5.82 Å². The normalized spacial score (nSPS) is 10.8. The molecule has 0 saturated carbocycles. The maximum absolute atomic E-state index is 14.4.